The molecule has 186 valence electrons. The Labute approximate surface area is 212 Å². The first-order valence-electron chi connectivity index (χ1n) is 13.3. The Morgan fingerprint density at radius 2 is 1.94 bits per heavy atom. The van der Waals surface area contributed by atoms with E-state index >= 15 is 0 Å². The van der Waals surface area contributed by atoms with Gasteiger partial charge in [0.1, 0.15) is 5.69 Å². The normalized spacial score (nSPS) is 18.8. The second kappa shape index (κ2) is 10.6. The van der Waals surface area contributed by atoms with Crippen molar-refractivity contribution in [1.82, 2.24) is 19.5 Å². The maximum absolute atomic E-state index is 13.4. The molecule has 0 bridgehead atoms. The fourth-order valence-electron chi connectivity index (χ4n) is 5.18. The molecule has 0 N–H and O–H groups in total. The topological polar surface area (TPSA) is 86.6 Å². The van der Waals surface area contributed by atoms with Crippen LogP contribution in [0.25, 0.3) is 16.9 Å². The van der Waals surface area contributed by atoms with Crippen molar-refractivity contribution in [2.45, 2.75) is 77.7 Å². The first-order valence-corrected chi connectivity index (χ1v) is 13.3. The molecule has 0 radical (unpaired) electrons. The van der Waals surface area contributed by atoms with Gasteiger partial charge < -0.3 is 4.90 Å². The Morgan fingerprint density at radius 1 is 1.14 bits per heavy atom. The predicted octanol–water partition coefficient (Wildman–Crippen LogP) is 5.63. The standard InChI is InChI=1S/C29H34N6O/c1-3-25-17-27(29(36)34-14-6-4-5-7-20(34)2)32-28-18-26(33-35(25)28)23-12-10-22(11-13-23)16-24(31-19-30)15-21-8-9-21/h10-13,17-18,20-21H,3-9,14-16H2,1-2H3. The fourth-order valence-corrected chi connectivity index (χ4v) is 5.18. The van der Waals surface area contributed by atoms with E-state index < -0.39 is 0 Å². The van der Waals surface area contributed by atoms with Crippen LogP contribution in [0.3, 0.4) is 0 Å². The fraction of sp³-hybridized carbons (Fsp3) is 0.483. The SMILES string of the molecule is CCc1cc(C(=O)N2CCCCCC2C)nc2cc(-c3ccc(CC(CC4CC4)=NC#N)cc3)nn12. The molecular formula is C29H34N6O. The van der Waals surface area contributed by atoms with Gasteiger partial charge in [-0.2, -0.15) is 15.4 Å². The molecule has 2 fully saturated rings. The Balaban J connectivity index is 1.39. The zero-order chi connectivity index (χ0) is 25.1. The third kappa shape index (κ3) is 5.33. The molecule has 1 aliphatic carbocycles. The summed E-state index contributed by atoms with van der Waals surface area (Å²) in [7, 11) is 0. The monoisotopic (exact) mass is 482 g/mol. The summed E-state index contributed by atoms with van der Waals surface area (Å²) in [6.07, 6.45) is 11.3. The van der Waals surface area contributed by atoms with E-state index in [-0.39, 0.29) is 11.9 Å². The summed E-state index contributed by atoms with van der Waals surface area (Å²) in [6.45, 7) is 5.02. The van der Waals surface area contributed by atoms with Crippen LogP contribution in [0, 0.1) is 17.4 Å². The van der Waals surface area contributed by atoms with E-state index in [4.69, 9.17) is 15.3 Å². The smallest absolute Gasteiger partial charge is 0.272 e. The summed E-state index contributed by atoms with van der Waals surface area (Å²) in [5.41, 5.74) is 6.13. The Kier molecular flexibility index (Phi) is 7.13. The Hall–Kier alpha value is -3.53. The summed E-state index contributed by atoms with van der Waals surface area (Å²) < 4.78 is 1.86. The van der Waals surface area contributed by atoms with Crippen molar-refractivity contribution in [3.05, 3.63) is 53.3 Å². The summed E-state index contributed by atoms with van der Waals surface area (Å²) in [4.78, 5) is 24.2. The first kappa shape index (κ1) is 24.2. The van der Waals surface area contributed by atoms with Gasteiger partial charge in [-0.25, -0.2) is 9.50 Å². The van der Waals surface area contributed by atoms with Crippen molar-refractivity contribution in [3.63, 3.8) is 0 Å². The number of hydrogen-bond acceptors (Lipinski definition) is 5. The number of carbonyl (C=O) groups excluding carboxylic acids is 1. The molecule has 2 aliphatic rings. The van der Waals surface area contributed by atoms with Gasteiger partial charge in [0.05, 0.1) is 5.69 Å². The van der Waals surface area contributed by atoms with Crippen LogP contribution in [0.1, 0.15) is 80.5 Å². The molecule has 0 spiro atoms. The van der Waals surface area contributed by atoms with Crippen molar-refractivity contribution in [2.75, 3.05) is 6.54 Å². The van der Waals surface area contributed by atoms with Gasteiger partial charge >= 0.3 is 0 Å². The molecule has 36 heavy (non-hydrogen) atoms. The highest BCUT2D eigenvalue weighted by Crippen LogP contribution is 2.33. The van der Waals surface area contributed by atoms with Crippen LogP contribution >= 0.6 is 0 Å². The second-order valence-electron chi connectivity index (χ2n) is 10.3. The molecule has 1 aliphatic heterocycles. The van der Waals surface area contributed by atoms with Crippen LogP contribution in [-0.2, 0) is 12.8 Å². The van der Waals surface area contributed by atoms with Gasteiger partial charge in [-0.05, 0) is 63.0 Å². The van der Waals surface area contributed by atoms with E-state index in [2.05, 4.69) is 43.1 Å². The van der Waals surface area contributed by atoms with Crippen LogP contribution in [0.15, 0.2) is 41.4 Å². The molecule has 7 nitrogen and oxygen atoms in total. The molecule has 1 saturated heterocycles. The van der Waals surface area contributed by atoms with E-state index in [1.54, 1.807) is 0 Å². The molecular weight excluding hydrogens is 448 g/mol. The third-order valence-corrected chi connectivity index (χ3v) is 7.48. The summed E-state index contributed by atoms with van der Waals surface area (Å²) >= 11 is 0. The average molecular weight is 483 g/mol. The Bertz CT molecular complexity index is 1310. The van der Waals surface area contributed by atoms with Gasteiger partial charge in [-0.1, -0.05) is 44.0 Å². The molecule has 1 amide bonds. The second-order valence-corrected chi connectivity index (χ2v) is 10.3. The highest BCUT2D eigenvalue weighted by molar-refractivity contribution is 5.93. The van der Waals surface area contributed by atoms with E-state index in [1.165, 1.54) is 25.7 Å². The van der Waals surface area contributed by atoms with Crippen molar-refractivity contribution in [2.24, 2.45) is 10.9 Å². The third-order valence-electron chi connectivity index (χ3n) is 7.48. The molecule has 3 heterocycles. The van der Waals surface area contributed by atoms with E-state index in [0.717, 1.165) is 60.5 Å². The van der Waals surface area contributed by atoms with E-state index in [1.807, 2.05) is 27.7 Å². The minimum Gasteiger partial charge on any atom is -0.335 e. The van der Waals surface area contributed by atoms with Crippen LogP contribution in [0.5, 0.6) is 0 Å². The zero-order valence-corrected chi connectivity index (χ0v) is 21.3. The van der Waals surface area contributed by atoms with Crippen molar-refractivity contribution in [1.29, 1.82) is 5.26 Å². The van der Waals surface area contributed by atoms with Crippen LogP contribution < -0.4 is 0 Å². The number of amides is 1. The van der Waals surface area contributed by atoms with Gasteiger partial charge in [0.2, 0.25) is 6.19 Å². The lowest BCUT2D eigenvalue weighted by molar-refractivity contribution is 0.0692. The van der Waals surface area contributed by atoms with Crippen LogP contribution in [0.2, 0.25) is 0 Å². The van der Waals surface area contributed by atoms with Crippen molar-refractivity contribution < 1.29 is 4.79 Å². The minimum absolute atomic E-state index is 0.0229. The number of nitrogens with zero attached hydrogens (tertiary/aromatic N) is 6. The first-order chi connectivity index (χ1) is 17.6. The van der Waals surface area contributed by atoms with E-state index in [9.17, 15) is 4.79 Å². The lowest BCUT2D eigenvalue weighted by Crippen LogP contribution is -2.38. The lowest BCUT2D eigenvalue weighted by Gasteiger charge is -2.27. The molecule has 1 atom stereocenters. The van der Waals surface area contributed by atoms with Gasteiger partial charge in [-0.3, -0.25) is 4.79 Å². The van der Waals surface area contributed by atoms with Crippen molar-refractivity contribution in [3.8, 4) is 17.5 Å². The highest BCUT2D eigenvalue weighted by Gasteiger charge is 2.26. The molecule has 5 rings (SSSR count). The average Bonchev–Trinajstić information content (AvgIpc) is 3.64. The quantitative estimate of drug-likeness (QED) is 0.323. The maximum Gasteiger partial charge on any atom is 0.272 e. The number of hydrogen-bond donors (Lipinski definition) is 0. The zero-order valence-electron chi connectivity index (χ0n) is 21.3. The summed E-state index contributed by atoms with van der Waals surface area (Å²) in [5.74, 6) is 0.726. The number of aromatic nitrogens is 3. The minimum atomic E-state index is 0.0229. The molecule has 2 aromatic heterocycles. The Morgan fingerprint density at radius 3 is 2.67 bits per heavy atom. The highest BCUT2D eigenvalue weighted by atomic mass is 16.2. The summed E-state index contributed by atoms with van der Waals surface area (Å²) in [6, 6.07) is 12.4. The van der Waals surface area contributed by atoms with Gasteiger partial charge in [0.15, 0.2) is 5.65 Å². The number of aryl methyl sites for hydroxylation is 1. The molecule has 7 heteroatoms. The number of benzene rings is 1. The van der Waals surface area contributed by atoms with Gasteiger partial charge in [0.25, 0.3) is 5.91 Å². The molecule has 1 aromatic carbocycles. The number of nitriles is 1. The van der Waals surface area contributed by atoms with Crippen LogP contribution in [0.4, 0.5) is 0 Å². The summed E-state index contributed by atoms with van der Waals surface area (Å²) in [5, 5.41) is 13.9. The molecule has 3 aromatic rings. The van der Waals surface area contributed by atoms with Gasteiger partial charge in [-0.15, -0.1) is 0 Å². The lowest BCUT2D eigenvalue weighted by atomic mass is 10.0. The molecule has 1 saturated carbocycles. The predicted molar refractivity (Wildman–Crippen MR) is 141 cm³/mol. The number of fused-ring (bicyclic) bond motifs is 1. The molecule has 1 unspecified atom stereocenters. The number of carbonyl (C=O) groups is 1. The van der Waals surface area contributed by atoms with E-state index in [0.29, 0.717) is 23.7 Å². The van der Waals surface area contributed by atoms with Crippen LogP contribution in [-0.4, -0.2) is 43.7 Å². The maximum atomic E-state index is 13.4. The number of aliphatic imine (C=N–C) groups is 1. The largest absolute Gasteiger partial charge is 0.335 e. The number of likely N-dealkylation sites (tertiary alicyclic amines) is 1. The number of rotatable bonds is 7. The van der Waals surface area contributed by atoms with Crippen molar-refractivity contribution >= 4 is 17.3 Å². The van der Waals surface area contributed by atoms with Gasteiger partial charge in [0, 0.05) is 42.0 Å².